The summed E-state index contributed by atoms with van der Waals surface area (Å²) < 4.78 is 12.3. The first-order chi connectivity index (χ1) is 11.3. The lowest BCUT2D eigenvalue weighted by Gasteiger charge is -2.08. The lowest BCUT2D eigenvalue weighted by Crippen LogP contribution is -1.94. The van der Waals surface area contributed by atoms with E-state index < -0.39 is 0 Å². The van der Waals surface area contributed by atoms with Gasteiger partial charge in [-0.05, 0) is 24.3 Å². The third-order valence-electron chi connectivity index (χ3n) is 3.36. The molecular formula is C14H12N6O2S. The average molecular weight is 328 g/mol. The van der Waals surface area contributed by atoms with Gasteiger partial charge in [-0.3, -0.25) is 5.10 Å². The van der Waals surface area contributed by atoms with Gasteiger partial charge in [-0.1, -0.05) is 11.3 Å². The summed E-state index contributed by atoms with van der Waals surface area (Å²) >= 11 is 1.44. The number of aromatic amines is 1. The van der Waals surface area contributed by atoms with E-state index >= 15 is 0 Å². The summed E-state index contributed by atoms with van der Waals surface area (Å²) in [6.45, 7) is 0. The Balaban J connectivity index is 1.83. The van der Waals surface area contributed by atoms with Crippen LogP contribution in [0.1, 0.15) is 0 Å². The highest BCUT2D eigenvalue weighted by Gasteiger charge is 2.16. The zero-order valence-corrected chi connectivity index (χ0v) is 13.2. The van der Waals surface area contributed by atoms with Gasteiger partial charge in [0, 0.05) is 11.8 Å². The maximum Gasteiger partial charge on any atom is 0.235 e. The molecule has 8 nitrogen and oxygen atoms in total. The summed E-state index contributed by atoms with van der Waals surface area (Å²) in [5.74, 6) is 1.93. The zero-order chi connectivity index (χ0) is 15.8. The normalized spacial score (nSPS) is 11.0. The minimum atomic E-state index is 0.630. The van der Waals surface area contributed by atoms with Gasteiger partial charge in [0.25, 0.3) is 0 Å². The molecule has 0 saturated heterocycles. The van der Waals surface area contributed by atoms with Gasteiger partial charge in [-0.25, -0.2) is 0 Å². The van der Waals surface area contributed by atoms with Crippen LogP contribution in [0, 0.1) is 0 Å². The number of methoxy groups -OCH3 is 2. The minimum absolute atomic E-state index is 0.630. The monoisotopic (exact) mass is 328 g/mol. The highest BCUT2D eigenvalue weighted by Crippen LogP contribution is 2.33. The molecule has 1 aromatic carbocycles. The topological polar surface area (TPSA) is 90.2 Å². The van der Waals surface area contributed by atoms with Crippen molar-refractivity contribution in [3.05, 3.63) is 30.5 Å². The van der Waals surface area contributed by atoms with Gasteiger partial charge in [0.05, 0.1) is 19.9 Å². The van der Waals surface area contributed by atoms with Crippen molar-refractivity contribution in [2.75, 3.05) is 14.2 Å². The average Bonchev–Trinajstić information content (AvgIpc) is 3.29. The van der Waals surface area contributed by atoms with Crippen LogP contribution in [0.15, 0.2) is 30.5 Å². The number of aromatic nitrogens is 6. The van der Waals surface area contributed by atoms with E-state index in [4.69, 9.17) is 9.47 Å². The molecule has 23 heavy (non-hydrogen) atoms. The summed E-state index contributed by atoms with van der Waals surface area (Å²) in [5, 5.41) is 20.6. The van der Waals surface area contributed by atoms with Crippen molar-refractivity contribution in [1.82, 2.24) is 30.0 Å². The fourth-order valence-electron chi connectivity index (χ4n) is 2.26. The zero-order valence-electron chi connectivity index (χ0n) is 12.3. The third-order valence-corrected chi connectivity index (χ3v) is 4.30. The first kappa shape index (κ1) is 13.7. The Morgan fingerprint density at radius 3 is 2.70 bits per heavy atom. The molecular weight excluding hydrogens is 316 g/mol. The summed E-state index contributed by atoms with van der Waals surface area (Å²) in [6.07, 6.45) is 1.69. The van der Waals surface area contributed by atoms with Crippen LogP contribution in [0.4, 0.5) is 0 Å². The quantitative estimate of drug-likeness (QED) is 0.618. The van der Waals surface area contributed by atoms with Crippen LogP contribution >= 0.6 is 11.3 Å². The van der Waals surface area contributed by atoms with Gasteiger partial charge in [-0.2, -0.15) is 14.7 Å². The number of fused-ring (bicyclic) bond motifs is 1. The second-order valence-corrected chi connectivity index (χ2v) is 5.62. The molecule has 0 fully saturated rings. The van der Waals surface area contributed by atoms with Gasteiger partial charge in [0.2, 0.25) is 4.96 Å². The molecule has 0 spiro atoms. The highest BCUT2D eigenvalue weighted by molar-refractivity contribution is 7.19. The van der Waals surface area contributed by atoms with E-state index in [1.54, 1.807) is 24.9 Å². The molecule has 4 rings (SSSR count). The Morgan fingerprint density at radius 2 is 1.96 bits per heavy atom. The first-order valence-corrected chi connectivity index (χ1v) is 7.56. The van der Waals surface area contributed by atoms with Crippen molar-refractivity contribution in [2.45, 2.75) is 0 Å². The number of benzene rings is 1. The summed E-state index contributed by atoms with van der Waals surface area (Å²) in [4.78, 5) is 0.708. The summed E-state index contributed by atoms with van der Waals surface area (Å²) in [5.41, 5.74) is 1.69. The lowest BCUT2D eigenvalue weighted by molar-refractivity contribution is 0.355. The molecule has 0 saturated carbocycles. The molecule has 0 aliphatic rings. The van der Waals surface area contributed by atoms with Crippen LogP contribution in [-0.2, 0) is 0 Å². The van der Waals surface area contributed by atoms with E-state index in [2.05, 4.69) is 25.5 Å². The standard InChI is InChI=1S/C14H12N6O2S/c1-21-10-4-3-8(7-11(10)22-2)12-17-18-14-20(12)19-13(23-14)9-5-6-15-16-9/h3-7H,1-2H3,(H,15,16). The summed E-state index contributed by atoms with van der Waals surface area (Å²) in [6, 6.07) is 7.44. The maximum absolute atomic E-state index is 5.34. The number of nitrogens with zero attached hydrogens (tertiary/aromatic N) is 5. The Morgan fingerprint density at radius 1 is 1.09 bits per heavy atom. The number of rotatable bonds is 4. The second kappa shape index (κ2) is 5.36. The fraction of sp³-hybridized carbons (Fsp3) is 0.143. The molecule has 0 radical (unpaired) electrons. The van der Waals surface area contributed by atoms with Gasteiger partial charge in [0.1, 0.15) is 0 Å². The van der Waals surface area contributed by atoms with E-state index in [-0.39, 0.29) is 0 Å². The largest absolute Gasteiger partial charge is 0.493 e. The lowest BCUT2D eigenvalue weighted by atomic mass is 10.2. The molecule has 3 aromatic heterocycles. The SMILES string of the molecule is COc1ccc(-c2nnc3sc(-c4ccn[nH]4)nn23)cc1OC. The Bertz CT molecular complexity index is 959. The van der Waals surface area contributed by atoms with Crippen LogP contribution in [-0.4, -0.2) is 44.2 Å². The molecule has 3 heterocycles. The van der Waals surface area contributed by atoms with E-state index in [1.807, 2.05) is 24.3 Å². The van der Waals surface area contributed by atoms with Crippen LogP contribution < -0.4 is 9.47 Å². The molecule has 0 unspecified atom stereocenters. The number of hydrogen-bond acceptors (Lipinski definition) is 7. The van der Waals surface area contributed by atoms with E-state index in [0.29, 0.717) is 22.3 Å². The Hall–Kier alpha value is -2.94. The third kappa shape index (κ3) is 2.21. The van der Waals surface area contributed by atoms with Crippen molar-refractivity contribution in [2.24, 2.45) is 0 Å². The molecule has 0 aliphatic carbocycles. The van der Waals surface area contributed by atoms with Crippen LogP contribution in [0.2, 0.25) is 0 Å². The first-order valence-electron chi connectivity index (χ1n) is 6.74. The Labute approximate surface area is 134 Å². The fourth-order valence-corrected chi connectivity index (χ4v) is 3.07. The van der Waals surface area contributed by atoms with Gasteiger partial charge in [-0.15, -0.1) is 10.2 Å². The molecule has 0 aliphatic heterocycles. The predicted molar refractivity (Wildman–Crippen MR) is 84.8 cm³/mol. The van der Waals surface area contributed by atoms with Crippen molar-refractivity contribution in [3.63, 3.8) is 0 Å². The summed E-state index contributed by atoms with van der Waals surface area (Å²) in [7, 11) is 3.20. The number of H-pyrrole nitrogens is 1. The van der Waals surface area contributed by atoms with E-state index in [9.17, 15) is 0 Å². The molecule has 116 valence electrons. The number of hydrogen-bond donors (Lipinski definition) is 1. The maximum atomic E-state index is 5.34. The Kier molecular flexibility index (Phi) is 3.19. The number of nitrogens with one attached hydrogen (secondary N) is 1. The second-order valence-electron chi connectivity index (χ2n) is 4.67. The van der Waals surface area contributed by atoms with Crippen molar-refractivity contribution in [1.29, 1.82) is 0 Å². The van der Waals surface area contributed by atoms with Crippen LogP contribution in [0.25, 0.3) is 27.1 Å². The molecule has 1 N–H and O–H groups in total. The van der Waals surface area contributed by atoms with Gasteiger partial charge < -0.3 is 9.47 Å². The van der Waals surface area contributed by atoms with Crippen LogP contribution in [0.5, 0.6) is 11.5 Å². The van der Waals surface area contributed by atoms with Gasteiger partial charge >= 0.3 is 0 Å². The van der Waals surface area contributed by atoms with Crippen molar-refractivity contribution >= 4 is 16.3 Å². The van der Waals surface area contributed by atoms with Gasteiger partial charge in [0.15, 0.2) is 22.3 Å². The molecule has 0 atom stereocenters. The smallest absolute Gasteiger partial charge is 0.235 e. The molecule has 4 aromatic rings. The predicted octanol–water partition coefficient (Wildman–Crippen LogP) is 2.26. The highest BCUT2D eigenvalue weighted by atomic mass is 32.1. The molecule has 9 heteroatoms. The number of ether oxygens (including phenoxy) is 2. The minimum Gasteiger partial charge on any atom is -0.493 e. The molecule has 0 amide bonds. The van der Waals surface area contributed by atoms with Crippen molar-refractivity contribution < 1.29 is 9.47 Å². The van der Waals surface area contributed by atoms with Crippen molar-refractivity contribution in [3.8, 4) is 33.6 Å². The molecule has 0 bridgehead atoms. The van der Waals surface area contributed by atoms with E-state index in [0.717, 1.165) is 16.3 Å². The van der Waals surface area contributed by atoms with Crippen LogP contribution in [0.3, 0.4) is 0 Å². The van der Waals surface area contributed by atoms with E-state index in [1.165, 1.54) is 11.3 Å².